The molecule has 150 valence electrons. The molecule has 7 heteroatoms. The van der Waals surface area contributed by atoms with Crippen LogP contribution in [0.4, 0.5) is 0 Å². The van der Waals surface area contributed by atoms with Crippen LogP contribution in [-0.2, 0) is 11.2 Å². The maximum Gasteiger partial charge on any atom is 0.230 e. The van der Waals surface area contributed by atoms with Gasteiger partial charge in [0.2, 0.25) is 5.91 Å². The van der Waals surface area contributed by atoms with Crippen molar-refractivity contribution in [3.05, 3.63) is 54.4 Å². The Labute approximate surface area is 175 Å². The summed E-state index contributed by atoms with van der Waals surface area (Å²) >= 11 is 1.42. The molecule has 1 aliphatic rings. The summed E-state index contributed by atoms with van der Waals surface area (Å²) in [4.78, 5) is 16.6. The Balaban J connectivity index is 1.59. The molecule has 0 aliphatic heterocycles. The number of nitrogens with one attached hydrogen (secondary N) is 1. The molecule has 4 rings (SSSR count). The van der Waals surface area contributed by atoms with Crippen LogP contribution in [0, 0.1) is 0 Å². The highest BCUT2D eigenvalue weighted by Crippen LogP contribution is 2.28. The molecular formula is C22H25N5OS. The number of benzene rings is 1. The Kier molecular flexibility index (Phi) is 6.24. The molecule has 1 aromatic carbocycles. The number of aryl methyl sites for hydroxylation is 1. The van der Waals surface area contributed by atoms with Gasteiger partial charge in [0, 0.05) is 29.7 Å². The molecule has 0 saturated heterocycles. The molecule has 0 atom stereocenters. The van der Waals surface area contributed by atoms with E-state index in [-0.39, 0.29) is 5.91 Å². The van der Waals surface area contributed by atoms with E-state index in [2.05, 4.69) is 51.7 Å². The summed E-state index contributed by atoms with van der Waals surface area (Å²) in [7, 11) is 0. The fourth-order valence-electron chi connectivity index (χ4n) is 3.63. The molecule has 0 spiro atoms. The first kappa shape index (κ1) is 19.6. The van der Waals surface area contributed by atoms with Crippen LogP contribution < -0.4 is 5.32 Å². The van der Waals surface area contributed by atoms with E-state index in [0.717, 1.165) is 36.3 Å². The zero-order valence-electron chi connectivity index (χ0n) is 16.5. The second-order valence-electron chi connectivity index (χ2n) is 7.24. The number of pyridine rings is 1. The fourth-order valence-corrected chi connectivity index (χ4v) is 4.39. The smallest absolute Gasteiger partial charge is 0.230 e. The molecule has 1 saturated carbocycles. The molecule has 1 fully saturated rings. The first-order valence-corrected chi connectivity index (χ1v) is 11.1. The number of carbonyl (C=O) groups excluding carboxylic acids is 1. The van der Waals surface area contributed by atoms with Crippen LogP contribution >= 0.6 is 11.8 Å². The van der Waals surface area contributed by atoms with Gasteiger partial charge in [-0.15, -0.1) is 10.2 Å². The van der Waals surface area contributed by atoms with Crippen molar-refractivity contribution in [3.8, 4) is 17.1 Å². The van der Waals surface area contributed by atoms with Crippen molar-refractivity contribution in [2.45, 2.75) is 50.2 Å². The highest BCUT2D eigenvalue weighted by Gasteiger charge is 2.20. The predicted molar refractivity (Wildman–Crippen MR) is 115 cm³/mol. The third kappa shape index (κ3) is 4.67. The quantitative estimate of drug-likeness (QED) is 0.599. The Bertz CT molecular complexity index is 949. The normalized spacial score (nSPS) is 14.2. The van der Waals surface area contributed by atoms with E-state index in [9.17, 15) is 4.79 Å². The van der Waals surface area contributed by atoms with Crippen molar-refractivity contribution in [2.75, 3.05) is 5.75 Å². The van der Waals surface area contributed by atoms with Gasteiger partial charge in [0.05, 0.1) is 5.75 Å². The minimum absolute atomic E-state index is 0.0562. The van der Waals surface area contributed by atoms with Gasteiger partial charge in [-0.3, -0.25) is 14.3 Å². The Morgan fingerprint density at radius 3 is 2.66 bits per heavy atom. The van der Waals surface area contributed by atoms with Gasteiger partial charge in [0.1, 0.15) is 0 Å². The molecule has 6 nitrogen and oxygen atoms in total. The number of rotatable bonds is 7. The molecule has 2 aromatic heterocycles. The van der Waals surface area contributed by atoms with Crippen molar-refractivity contribution < 1.29 is 4.79 Å². The van der Waals surface area contributed by atoms with Crippen LogP contribution in [0.1, 0.15) is 38.2 Å². The molecule has 1 amide bonds. The van der Waals surface area contributed by atoms with Crippen LogP contribution in [0.5, 0.6) is 0 Å². The van der Waals surface area contributed by atoms with Crippen molar-refractivity contribution in [1.29, 1.82) is 0 Å². The number of hydrogen-bond donors (Lipinski definition) is 1. The Morgan fingerprint density at radius 2 is 1.97 bits per heavy atom. The van der Waals surface area contributed by atoms with Gasteiger partial charge in [-0.25, -0.2) is 0 Å². The van der Waals surface area contributed by atoms with Crippen LogP contribution in [0.3, 0.4) is 0 Å². The van der Waals surface area contributed by atoms with Crippen molar-refractivity contribution in [3.63, 3.8) is 0 Å². The van der Waals surface area contributed by atoms with Crippen molar-refractivity contribution in [2.24, 2.45) is 0 Å². The summed E-state index contributed by atoms with van der Waals surface area (Å²) in [5, 5.41) is 12.6. The minimum Gasteiger partial charge on any atom is -0.353 e. The number of aromatic nitrogens is 4. The Morgan fingerprint density at radius 1 is 1.17 bits per heavy atom. The summed E-state index contributed by atoms with van der Waals surface area (Å²) < 4.78 is 2.00. The molecule has 1 aliphatic carbocycles. The number of amides is 1. The van der Waals surface area contributed by atoms with E-state index in [4.69, 9.17) is 0 Å². The van der Waals surface area contributed by atoms with Crippen LogP contribution in [0.25, 0.3) is 17.1 Å². The third-order valence-corrected chi connectivity index (χ3v) is 6.14. The average molecular weight is 408 g/mol. The fraction of sp³-hybridized carbons (Fsp3) is 0.364. The zero-order valence-corrected chi connectivity index (χ0v) is 17.4. The average Bonchev–Trinajstić information content (AvgIpc) is 3.43. The lowest BCUT2D eigenvalue weighted by atomic mass is 10.1. The van der Waals surface area contributed by atoms with E-state index < -0.39 is 0 Å². The van der Waals surface area contributed by atoms with E-state index in [1.807, 2.05) is 16.7 Å². The maximum atomic E-state index is 12.4. The molecule has 3 aromatic rings. The van der Waals surface area contributed by atoms with E-state index in [0.29, 0.717) is 17.0 Å². The predicted octanol–water partition coefficient (Wildman–Crippen LogP) is 4.04. The van der Waals surface area contributed by atoms with E-state index >= 15 is 0 Å². The van der Waals surface area contributed by atoms with Gasteiger partial charge >= 0.3 is 0 Å². The number of carbonyl (C=O) groups is 1. The zero-order chi connectivity index (χ0) is 20.1. The molecule has 0 radical (unpaired) electrons. The second kappa shape index (κ2) is 9.22. The molecule has 2 heterocycles. The minimum atomic E-state index is 0.0562. The van der Waals surface area contributed by atoms with Gasteiger partial charge in [0.15, 0.2) is 11.0 Å². The van der Waals surface area contributed by atoms with E-state index in [1.54, 1.807) is 12.4 Å². The van der Waals surface area contributed by atoms with Gasteiger partial charge in [-0.2, -0.15) is 0 Å². The number of hydrogen-bond acceptors (Lipinski definition) is 5. The summed E-state index contributed by atoms with van der Waals surface area (Å²) in [5.41, 5.74) is 3.14. The van der Waals surface area contributed by atoms with Gasteiger partial charge in [0.25, 0.3) is 0 Å². The first-order valence-electron chi connectivity index (χ1n) is 10.1. The molecule has 0 bridgehead atoms. The molecule has 1 N–H and O–H groups in total. The number of nitrogens with zero attached hydrogens (tertiary/aromatic N) is 4. The van der Waals surface area contributed by atoms with Crippen molar-refractivity contribution >= 4 is 17.7 Å². The molecule has 29 heavy (non-hydrogen) atoms. The Hall–Kier alpha value is -2.67. The standard InChI is InChI=1S/C22H25N5OS/c1-2-16-9-11-19(12-10-16)27-21(17-6-5-13-23-14-17)25-26-22(27)29-15-20(28)24-18-7-3-4-8-18/h5-6,9-14,18H,2-4,7-8,15H2,1H3,(H,24,28). The SMILES string of the molecule is CCc1ccc(-n2c(SCC(=O)NC3CCCC3)nnc2-c2cccnc2)cc1. The number of thioether (sulfide) groups is 1. The van der Waals surface area contributed by atoms with Gasteiger partial charge in [-0.1, -0.05) is 43.7 Å². The largest absolute Gasteiger partial charge is 0.353 e. The van der Waals surface area contributed by atoms with E-state index in [1.165, 1.54) is 30.2 Å². The van der Waals surface area contributed by atoms with Crippen LogP contribution in [-0.4, -0.2) is 37.5 Å². The topological polar surface area (TPSA) is 72.7 Å². The third-order valence-electron chi connectivity index (χ3n) is 5.21. The first-order chi connectivity index (χ1) is 14.2. The molecular weight excluding hydrogens is 382 g/mol. The summed E-state index contributed by atoms with van der Waals surface area (Å²) in [6.07, 6.45) is 9.08. The lowest BCUT2D eigenvalue weighted by Gasteiger charge is -2.13. The lowest BCUT2D eigenvalue weighted by molar-refractivity contribution is -0.119. The second-order valence-corrected chi connectivity index (χ2v) is 8.18. The molecule has 0 unspecified atom stereocenters. The highest BCUT2D eigenvalue weighted by molar-refractivity contribution is 7.99. The van der Waals surface area contributed by atoms with Crippen LogP contribution in [0.2, 0.25) is 0 Å². The van der Waals surface area contributed by atoms with Crippen molar-refractivity contribution in [1.82, 2.24) is 25.1 Å². The summed E-state index contributed by atoms with van der Waals surface area (Å²) in [6, 6.07) is 12.6. The monoisotopic (exact) mass is 407 g/mol. The highest BCUT2D eigenvalue weighted by atomic mass is 32.2. The summed E-state index contributed by atoms with van der Waals surface area (Å²) in [6.45, 7) is 2.14. The maximum absolute atomic E-state index is 12.4. The van der Waals surface area contributed by atoms with Crippen LogP contribution in [0.15, 0.2) is 53.9 Å². The van der Waals surface area contributed by atoms with Gasteiger partial charge in [-0.05, 0) is 49.1 Å². The van der Waals surface area contributed by atoms with Gasteiger partial charge < -0.3 is 5.32 Å². The summed E-state index contributed by atoms with van der Waals surface area (Å²) in [5.74, 6) is 1.11. The lowest BCUT2D eigenvalue weighted by Crippen LogP contribution is -2.33.